The van der Waals surface area contributed by atoms with E-state index < -0.39 is 0 Å². The minimum absolute atomic E-state index is 0.00191. The smallest absolute Gasteiger partial charge is 0.278 e. The SMILES string of the molecule is CSC(=O)NCCCCO. The maximum absolute atomic E-state index is 10.6. The summed E-state index contributed by atoms with van der Waals surface area (Å²) in [5, 5.41) is 11.0. The van der Waals surface area contributed by atoms with E-state index in [1.807, 2.05) is 0 Å². The number of hydrogen-bond donors (Lipinski definition) is 2. The van der Waals surface area contributed by atoms with Crippen molar-refractivity contribution in [2.45, 2.75) is 12.8 Å². The Kier molecular flexibility index (Phi) is 6.74. The molecule has 0 aliphatic carbocycles. The van der Waals surface area contributed by atoms with Crippen molar-refractivity contribution in [3.05, 3.63) is 0 Å². The first-order valence-corrected chi connectivity index (χ1v) is 4.46. The Hall–Kier alpha value is -0.220. The van der Waals surface area contributed by atoms with E-state index in [2.05, 4.69) is 5.32 Å². The summed E-state index contributed by atoms with van der Waals surface area (Å²) in [6.45, 7) is 0.870. The first-order valence-electron chi connectivity index (χ1n) is 3.24. The molecule has 0 bridgehead atoms. The first-order chi connectivity index (χ1) is 4.81. The monoisotopic (exact) mass is 163 g/mol. The fourth-order valence-electron chi connectivity index (χ4n) is 0.499. The molecule has 3 nitrogen and oxygen atoms in total. The Bertz CT molecular complexity index is 97.7. The Morgan fingerprint density at radius 2 is 2.30 bits per heavy atom. The normalized spacial score (nSPS) is 9.40. The van der Waals surface area contributed by atoms with Crippen LogP contribution in [0.2, 0.25) is 0 Å². The van der Waals surface area contributed by atoms with Crippen molar-refractivity contribution in [3.63, 3.8) is 0 Å². The van der Waals surface area contributed by atoms with Crippen LogP contribution in [0, 0.1) is 0 Å². The molecule has 0 aromatic rings. The van der Waals surface area contributed by atoms with E-state index in [0.29, 0.717) is 6.54 Å². The molecule has 4 heteroatoms. The molecule has 0 saturated carbocycles. The number of carbonyl (C=O) groups excluding carboxylic acids is 1. The lowest BCUT2D eigenvalue weighted by atomic mass is 10.3. The van der Waals surface area contributed by atoms with Gasteiger partial charge in [0.25, 0.3) is 5.24 Å². The number of unbranched alkanes of at least 4 members (excludes halogenated alkanes) is 1. The molecule has 0 radical (unpaired) electrons. The maximum atomic E-state index is 10.6. The van der Waals surface area contributed by atoms with Crippen molar-refractivity contribution >= 4 is 17.0 Å². The summed E-state index contributed by atoms with van der Waals surface area (Å²) < 4.78 is 0. The van der Waals surface area contributed by atoms with Crippen LogP contribution in [0.4, 0.5) is 4.79 Å². The van der Waals surface area contributed by atoms with Crippen LogP contribution in [-0.4, -0.2) is 29.8 Å². The van der Waals surface area contributed by atoms with Crippen molar-refractivity contribution in [3.8, 4) is 0 Å². The predicted octanol–water partition coefficient (Wildman–Crippen LogP) is 0.831. The third-order valence-corrected chi connectivity index (χ3v) is 1.55. The van der Waals surface area contributed by atoms with Gasteiger partial charge >= 0.3 is 0 Å². The van der Waals surface area contributed by atoms with Crippen LogP contribution in [0.5, 0.6) is 0 Å². The number of hydrogen-bond acceptors (Lipinski definition) is 3. The molecule has 0 rings (SSSR count). The third-order valence-electron chi connectivity index (χ3n) is 1.04. The number of amides is 1. The van der Waals surface area contributed by atoms with Gasteiger partial charge in [-0.3, -0.25) is 4.79 Å². The van der Waals surface area contributed by atoms with Gasteiger partial charge in [0.1, 0.15) is 0 Å². The molecule has 0 heterocycles. The van der Waals surface area contributed by atoms with Crippen LogP contribution in [0.25, 0.3) is 0 Å². The molecule has 0 aromatic carbocycles. The first kappa shape index (κ1) is 9.78. The second kappa shape index (κ2) is 6.89. The quantitative estimate of drug-likeness (QED) is 0.603. The Morgan fingerprint density at radius 1 is 1.60 bits per heavy atom. The van der Waals surface area contributed by atoms with E-state index in [9.17, 15) is 4.79 Å². The largest absolute Gasteiger partial charge is 0.396 e. The summed E-state index contributed by atoms with van der Waals surface area (Å²) >= 11 is 1.17. The number of carbonyl (C=O) groups is 1. The van der Waals surface area contributed by atoms with Gasteiger partial charge in [-0.1, -0.05) is 11.8 Å². The molecule has 60 valence electrons. The Labute approximate surface area is 65.2 Å². The number of nitrogens with one attached hydrogen (secondary N) is 1. The minimum Gasteiger partial charge on any atom is -0.396 e. The van der Waals surface area contributed by atoms with Gasteiger partial charge in [-0.05, 0) is 19.1 Å². The van der Waals surface area contributed by atoms with Gasteiger partial charge < -0.3 is 10.4 Å². The van der Waals surface area contributed by atoms with Crippen LogP contribution < -0.4 is 5.32 Å². The zero-order valence-electron chi connectivity index (χ0n) is 6.09. The van der Waals surface area contributed by atoms with Gasteiger partial charge in [0.05, 0.1) is 0 Å². The number of rotatable bonds is 4. The predicted molar refractivity (Wildman–Crippen MR) is 43.2 cm³/mol. The summed E-state index contributed by atoms with van der Waals surface area (Å²) in [7, 11) is 0. The molecule has 10 heavy (non-hydrogen) atoms. The highest BCUT2D eigenvalue weighted by atomic mass is 32.2. The molecule has 1 amide bonds. The molecule has 0 spiro atoms. The van der Waals surface area contributed by atoms with Crippen molar-refractivity contribution in [2.24, 2.45) is 0 Å². The van der Waals surface area contributed by atoms with Crippen LogP contribution in [0.1, 0.15) is 12.8 Å². The van der Waals surface area contributed by atoms with Crippen molar-refractivity contribution in [1.82, 2.24) is 5.32 Å². The van der Waals surface area contributed by atoms with E-state index in [-0.39, 0.29) is 11.8 Å². The average Bonchev–Trinajstić information content (AvgIpc) is 1.98. The molecule has 2 N–H and O–H groups in total. The molecule has 0 aliphatic heterocycles. The summed E-state index contributed by atoms with van der Waals surface area (Å²) in [6.07, 6.45) is 3.35. The van der Waals surface area contributed by atoms with Crippen LogP contribution in [0.3, 0.4) is 0 Å². The third kappa shape index (κ3) is 5.91. The number of thioether (sulfide) groups is 1. The molecule has 0 unspecified atom stereocenters. The molecular formula is C6H13NO2S. The van der Waals surface area contributed by atoms with Gasteiger partial charge in [-0.25, -0.2) is 0 Å². The zero-order chi connectivity index (χ0) is 7.82. The second-order valence-electron chi connectivity index (χ2n) is 1.85. The highest BCUT2D eigenvalue weighted by molar-refractivity contribution is 8.12. The van der Waals surface area contributed by atoms with E-state index >= 15 is 0 Å². The summed E-state index contributed by atoms with van der Waals surface area (Å²) in [4.78, 5) is 10.6. The molecule has 0 atom stereocenters. The van der Waals surface area contributed by atoms with E-state index in [4.69, 9.17) is 5.11 Å². The molecule has 0 fully saturated rings. The maximum Gasteiger partial charge on any atom is 0.278 e. The summed E-state index contributed by atoms with van der Waals surface area (Å²) in [5.41, 5.74) is 0. The van der Waals surface area contributed by atoms with Crippen molar-refractivity contribution < 1.29 is 9.90 Å². The average molecular weight is 163 g/mol. The Balaban J connectivity index is 2.96. The molecule has 0 aromatic heterocycles. The van der Waals surface area contributed by atoms with Crippen LogP contribution in [0.15, 0.2) is 0 Å². The van der Waals surface area contributed by atoms with Gasteiger partial charge in [0, 0.05) is 13.2 Å². The van der Waals surface area contributed by atoms with E-state index in [1.54, 1.807) is 6.26 Å². The van der Waals surface area contributed by atoms with Gasteiger partial charge in [-0.2, -0.15) is 0 Å². The highest BCUT2D eigenvalue weighted by Gasteiger charge is 1.94. The molecule has 0 aliphatic rings. The van der Waals surface area contributed by atoms with E-state index in [0.717, 1.165) is 12.8 Å². The molecule has 0 saturated heterocycles. The lowest BCUT2D eigenvalue weighted by molar-refractivity contribution is 0.258. The standard InChI is InChI=1S/C6H13NO2S/c1-10-6(9)7-4-2-3-5-8/h8H,2-5H2,1H3,(H,7,9). The summed E-state index contributed by atoms with van der Waals surface area (Å²) in [6, 6.07) is 0. The van der Waals surface area contributed by atoms with Gasteiger partial charge in [-0.15, -0.1) is 0 Å². The van der Waals surface area contributed by atoms with Gasteiger partial charge in [0.2, 0.25) is 0 Å². The van der Waals surface area contributed by atoms with Crippen molar-refractivity contribution in [1.29, 1.82) is 0 Å². The second-order valence-corrected chi connectivity index (χ2v) is 2.63. The fraction of sp³-hybridized carbons (Fsp3) is 0.833. The lowest BCUT2D eigenvalue weighted by Gasteiger charge is -1.99. The Morgan fingerprint density at radius 3 is 2.80 bits per heavy atom. The van der Waals surface area contributed by atoms with Crippen LogP contribution in [-0.2, 0) is 0 Å². The number of aliphatic hydroxyl groups is 1. The molecular weight excluding hydrogens is 150 g/mol. The van der Waals surface area contributed by atoms with Crippen molar-refractivity contribution in [2.75, 3.05) is 19.4 Å². The minimum atomic E-state index is -0.00191. The topological polar surface area (TPSA) is 49.3 Å². The fourth-order valence-corrected chi connectivity index (χ4v) is 0.746. The highest BCUT2D eigenvalue weighted by Crippen LogP contribution is 1.92. The zero-order valence-corrected chi connectivity index (χ0v) is 6.91. The summed E-state index contributed by atoms with van der Waals surface area (Å²) in [5.74, 6) is 0. The van der Waals surface area contributed by atoms with E-state index in [1.165, 1.54) is 11.8 Å². The lowest BCUT2D eigenvalue weighted by Crippen LogP contribution is -2.19. The van der Waals surface area contributed by atoms with Crippen LogP contribution >= 0.6 is 11.8 Å². The van der Waals surface area contributed by atoms with Gasteiger partial charge in [0.15, 0.2) is 0 Å². The number of aliphatic hydroxyl groups excluding tert-OH is 1.